The third-order valence-electron chi connectivity index (χ3n) is 2.10. The van der Waals surface area contributed by atoms with Crippen LogP contribution in [0.5, 0.6) is 0 Å². The smallest absolute Gasteiger partial charge is 0.220 e. The van der Waals surface area contributed by atoms with Gasteiger partial charge >= 0.3 is 0 Å². The van der Waals surface area contributed by atoms with Crippen molar-refractivity contribution in [2.75, 3.05) is 18.3 Å². The lowest BCUT2D eigenvalue weighted by Gasteiger charge is -2.29. The van der Waals surface area contributed by atoms with Crippen LogP contribution >= 0.6 is 10.3 Å². The molecule has 0 atom stereocenters. The van der Waals surface area contributed by atoms with Crippen molar-refractivity contribution in [2.45, 2.75) is 19.1 Å². The van der Waals surface area contributed by atoms with Crippen LogP contribution in [-0.2, 0) is 19.5 Å². The van der Waals surface area contributed by atoms with E-state index in [4.69, 9.17) is 3.63 Å². The Morgan fingerprint density at radius 1 is 1.12 bits per heavy atom. The molecule has 0 aromatic heterocycles. The summed E-state index contributed by atoms with van der Waals surface area (Å²) in [4.78, 5) is 0. The molecule has 1 aromatic carbocycles. The van der Waals surface area contributed by atoms with Crippen LogP contribution in [0.25, 0.3) is 0 Å². The maximum Gasteiger partial charge on any atom is 0.276 e. The lowest BCUT2D eigenvalue weighted by Crippen LogP contribution is -2.14. The molecule has 0 amide bonds. The SMILES string of the molecule is CCCS(=O)(=O)OS(C)(C)Cc1ccccc1. The van der Waals surface area contributed by atoms with Crippen LogP contribution in [0.15, 0.2) is 30.3 Å². The van der Waals surface area contributed by atoms with Gasteiger partial charge in [-0.05, 0) is 24.5 Å². The first kappa shape index (κ1) is 14.5. The molecule has 0 spiro atoms. The lowest BCUT2D eigenvalue weighted by molar-refractivity contribution is 0.510. The molecule has 5 heteroatoms. The Labute approximate surface area is 106 Å². The molecule has 1 aromatic rings. The fraction of sp³-hybridized carbons (Fsp3) is 0.500. The zero-order valence-electron chi connectivity index (χ0n) is 10.5. The number of hydrogen-bond donors (Lipinski definition) is 0. The topological polar surface area (TPSA) is 43.4 Å². The summed E-state index contributed by atoms with van der Waals surface area (Å²) in [6, 6.07) is 9.83. The van der Waals surface area contributed by atoms with Gasteiger partial charge in [-0.3, -0.25) is 0 Å². The van der Waals surface area contributed by atoms with E-state index in [1.54, 1.807) is 0 Å². The van der Waals surface area contributed by atoms with Gasteiger partial charge < -0.3 is 0 Å². The van der Waals surface area contributed by atoms with Crippen molar-refractivity contribution >= 4 is 20.4 Å². The molecule has 0 saturated carbocycles. The molecule has 0 aliphatic heterocycles. The molecule has 0 saturated heterocycles. The van der Waals surface area contributed by atoms with E-state index in [0.29, 0.717) is 12.2 Å². The molecule has 0 unspecified atom stereocenters. The standard InChI is InChI=1S/C12H20O3S2/c1-4-10-17(13,14)15-16(2,3)11-12-8-6-5-7-9-12/h5-9H,4,10-11H2,1-3H3. The highest BCUT2D eigenvalue weighted by Gasteiger charge is 2.22. The lowest BCUT2D eigenvalue weighted by atomic mass is 10.2. The average Bonchev–Trinajstić information content (AvgIpc) is 2.15. The molecule has 0 aliphatic rings. The molecule has 0 N–H and O–H groups in total. The summed E-state index contributed by atoms with van der Waals surface area (Å²) < 4.78 is 28.6. The van der Waals surface area contributed by atoms with Crippen LogP contribution in [0.2, 0.25) is 0 Å². The molecule has 1 rings (SSSR count). The van der Waals surface area contributed by atoms with Crippen LogP contribution in [0.1, 0.15) is 18.9 Å². The fourth-order valence-electron chi connectivity index (χ4n) is 1.56. The number of hydrogen-bond acceptors (Lipinski definition) is 3. The second-order valence-corrected chi connectivity index (χ2v) is 9.63. The van der Waals surface area contributed by atoms with E-state index in [9.17, 15) is 8.42 Å². The van der Waals surface area contributed by atoms with Crippen molar-refractivity contribution in [3.05, 3.63) is 35.9 Å². The first-order valence-corrected chi connectivity index (χ1v) is 9.65. The first-order chi connectivity index (χ1) is 7.85. The minimum absolute atomic E-state index is 0.0955. The van der Waals surface area contributed by atoms with Crippen molar-refractivity contribution in [2.24, 2.45) is 0 Å². The molecule has 0 bridgehead atoms. The van der Waals surface area contributed by atoms with Gasteiger partial charge in [0.25, 0.3) is 10.1 Å². The summed E-state index contributed by atoms with van der Waals surface area (Å²) in [5, 5.41) is 0. The first-order valence-electron chi connectivity index (χ1n) is 5.53. The van der Waals surface area contributed by atoms with Gasteiger partial charge in [-0.1, -0.05) is 37.3 Å². The van der Waals surface area contributed by atoms with Crippen LogP contribution in [-0.4, -0.2) is 26.7 Å². The molecule has 0 aliphatic carbocycles. The largest absolute Gasteiger partial charge is 0.276 e. The Balaban J connectivity index is 2.70. The van der Waals surface area contributed by atoms with Gasteiger partial charge in [-0.25, -0.2) is 3.63 Å². The molecule has 0 heterocycles. The van der Waals surface area contributed by atoms with Crippen molar-refractivity contribution < 1.29 is 12.0 Å². The Hall–Kier alpha value is -0.520. The van der Waals surface area contributed by atoms with Gasteiger partial charge in [0, 0.05) is 5.75 Å². The Kier molecular flexibility index (Phi) is 5.04. The molecular formula is C12H20O3S2. The zero-order chi connectivity index (χ0) is 12.9. The van der Waals surface area contributed by atoms with E-state index in [-0.39, 0.29) is 5.75 Å². The van der Waals surface area contributed by atoms with Gasteiger partial charge in [0.05, 0.1) is 5.75 Å². The van der Waals surface area contributed by atoms with E-state index in [0.717, 1.165) is 5.56 Å². The van der Waals surface area contributed by atoms with Crippen molar-refractivity contribution in [3.8, 4) is 0 Å². The molecule has 17 heavy (non-hydrogen) atoms. The van der Waals surface area contributed by atoms with Crippen molar-refractivity contribution in [1.82, 2.24) is 0 Å². The van der Waals surface area contributed by atoms with E-state index in [2.05, 4.69) is 0 Å². The maximum atomic E-state index is 11.6. The highest BCUT2D eigenvalue weighted by Crippen LogP contribution is 2.46. The van der Waals surface area contributed by atoms with Crippen LogP contribution in [0, 0.1) is 0 Å². The summed E-state index contributed by atoms with van der Waals surface area (Å²) in [5.41, 5.74) is 1.11. The quantitative estimate of drug-likeness (QED) is 0.802. The molecule has 0 radical (unpaired) electrons. The van der Waals surface area contributed by atoms with E-state index in [1.807, 2.05) is 49.8 Å². The molecule has 0 fully saturated rings. The van der Waals surface area contributed by atoms with Gasteiger partial charge in [-0.2, -0.15) is 8.42 Å². The highest BCUT2D eigenvalue weighted by molar-refractivity contribution is 8.31. The summed E-state index contributed by atoms with van der Waals surface area (Å²) in [7, 11) is -4.97. The minimum Gasteiger partial charge on any atom is -0.220 e. The highest BCUT2D eigenvalue weighted by atomic mass is 32.3. The van der Waals surface area contributed by atoms with Crippen LogP contribution in [0.3, 0.4) is 0 Å². The third-order valence-corrected chi connectivity index (χ3v) is 6.34. The Morgan fingerprint density at radius 2 is 1.71 bits per heavy atom. The normalized spacial score (nSPS) is 13.6. The maximum absolute atomic E-state index is 11.6. The number of rotatable bonds is 6. The van der Waals surface area contributed by atoms with E-state index in [1.165, 1.54) is 0 Å². The minimum atomic E-state index is -3.37. The Bertz CT molecular complexity index is 438. The molecular weight excluding hydrogens is 256 g/mol. The zero-order valence-corrected chi connectivity index (χ0v) is 12.2. The van der Waals surface area contributed by atoms with Crippen molar-refractivity contribution in [3.63, 3.8) is 0 Å². The fourth-order valence-corrected chi connectivity index (χ4v) is 5.77. The van der Waals surface area contributed by atoms with Gasteiger partial charge in [-0.15, -0.1) is 10.3 Å². The second-order valence-electron chi connectivity index (χ2n) is 4.40. The summed E-state index contributed by atoms with van der Waals surface area (Å²) in [6.07, 6.45) is 4.35. The summed E-state index contributed by atoms with van der Waals surface area (Å²) in [6.45, 7) is 1.83. The predicted octanol–water partition coefficient (Wildman–Crippen LogP) is 2.92. The average molecular weight is 276 g/mol. The molecule has 98 valence electrons. The summed E-state index contributed by atoms with van der Waals surface area (Å²) in [5.74, 6) is 0.759. The third kappa shape index (κ3) is 5.57. The van der Waals surface area contributed by atoms with Crippen LogP contribution < -0.4 is 0 Å². The van der Waals surface area contributed by atoms with E-state index < -0.39 is 20.4 Å². The monoisotopic (exact) mass is 276 g/mol. The van der Waals surface area contributed by atoms with E-state index >= 15 is 0 Å². The van der Waals surface area contributed by atoms with Crippen molar-refractivity contribution in [1.29, 1.82) is 0 Å². The predicted molar refractivity (Wildman–Crippen MR) is 74.7 cm³/mol. The Morgan fingerprint density at radius 3 is 2.24 bits per heavy atom. The van der Waals surface area contributed by atoms with Gasteiger partial charge in [0.1, 0.15) is 0 Å². The van der Waals surface area contributed by atoms with Gasteiger partial charge in [0.2, 0.25) is 0 Å². The second kappa shape index (κ2) is 5.89. The summed E-state index contributed by atoms with van der Waals surface area (Å²) >= 11 is 0. The van der Waals surface area contributed by atoms with Crippen LogP contribution in [0.4, 0.5) is 0 Å². The molecule has 3 nitrogen and oxygen atoms in total. The van der Waals surface area contributed by atoms with Gasteiger partial charge in [0.15, 0.2) is 0 Å². The number of benzene rings is 1.